The van der Waals surface area contributed by atoms with E-state index in [9.17, 15) is 57.1 Å². The largest absolute Gasteiger partial charge is 0.469 e. The molecule has 1 aromatic heterocycles. The molecule has 0 aliphatic rings. The molecule has 0 saturated carbocycles. The van der Waals surface area contributed by atoms with Crippen LogP contribution in [0.3, 0.4) is 0 Å². The molecule has 0 spiro atoms. The lowest BCUT2D eigenvalue weighted by Gasteiger charge is -2.38. The van der Waals surface area contributed by atoms with Gasteiger partial charge in [-0.2, -0.15) is 61.6 Å². The monoisotopic (exact) mass is 413 g/mol. The van der Waals surface area contributed by atoms with Gasteiger partial charge in [0.05, 0.1) is 6.20 Å². The first-order valence-electron chi connectivity index (χ1n) is 5.96. The lowest BCUT2D eigenvalue weighted by Crippen LogP contribution is -2.74. The van der Waals surface area contributed by atoms with Gasteiger partial charge in [-0.1, -0.05) is 6.58 Å². The van der Waals surface area contributed by atoms with Crippen LogP contribution >= 0.6 is 0 Å². The molecule has 26 heavy (non-hydrogen) atoms. The molecule has 0 atom stereocenters. The average molecular weight is 413 g/mol. The van der Waals surface area contributed by atoms with Crippen molar-refractivity contribution in [3.63, 3.8) is 0 Å². The molecule has 0 saturated heterocycles. The van der Waals surface area contributed by atoms with E-state index in [-0.39, 0.29) is 12.5 Å². The number of halogens is 13. The summed E-state index contributed by atoms with van der Waals surface area (Å²) in [5.74, 6) is -30.8. The van der Waals surface area contributed by atoms with Gasteiger partial charge in [0, 0.05) is 0 Å². The maximum absolute atomic E-state index is 13.6. The standard InChI is InChI=1S/C11H6F13N2/c1-2-25-3-4-26(5-25)11(23,24)9(18,19)7(14,15)6(12,13)8(16,17)10(20,21)22/h2-5H,1H2/q+1. The first-order chi connectivity index (χ1) is 11.3. The number of alkyl halides is 13. The van der Waals surface area contributed by atoms with Crippen LogP contribution in [0, 0.1) is 0 Å². The summed E-state index contributed by atoms with van der Waals surface area (Å²) in [5, 5.41) is 0. The van der Waals surface area contributed by atoms with Crippen molar-refractivity contribution in [3.05, 3.63) is 25.3 Å². The third-order valence-corrected chi connectivity index (χ3v) is 3.11. The average Bonchev–Trinajstić information content (AvgIpc) is 2.94. The third-order valence-electron chi connectivity index (χ3n) is 3.11. The summed E-state index contributed by atoms with van der Waals surface area (Å²) in [5.41, 5.74) is 0. The molecule has 0 aromatic carbocycles. The molecular weight excluding hydrogens is 407 g/mol. The number of imidazole rings is 1. The lowest BCUT2D eigenvalue weighted by atomic mass is 9.96. The van der Waals surface area contributed by atoms with Gasteiger partial charge in [0.1, 0.15) is 12.4 Å². The van der Waals surface area contributed by atoms with Gasteiger partial charge >= 0.3 is 35.9 Å². The van der Waals surface area contributed by atoms with Gasteiger partial charge in [0.2, 0.25) is 0 Å². The van der Waals surface area contributed by atoms with Crippen LogP contribution in [0.4, 0.5) is 57.1 Å². The summed E-state index contributed by atoms with van der Waals surface area (Å²) in [7, 11) is 0. The molecular formula is C11H6F13N2+. The minimum absolute atomic E-state index is 0.0499. The normalized spacial score (nSPS) is 15.3. The number of rotatable bonds is 6. The Morgan fingerprint density at radius 2 is 1.12 bits per heavy atom. The van der Waals surface area contributed by atoms with Crippen molar-refractivity contribution in [2.75, 3.05) is 0 Å². The van der Waals surface area contributed by atoms with Crippen LogP contribution in [0.1, 0.15) is 0 Å². The smallest absolute Gasteiger partial charge is 0.210 e. The van der Waals surface area contributed by atoms with Crippen molar-refractivity contribution in [1.82, 2.24) is 4.57 Å². The molecule has 0 fully saturated rings. The van der Waals surface area contributed by atoms with E-state index < -0.39 is 40.5 Å². The summed E-state index contributed by atoms with van der Waals surface area (Å²) in [6.07, 6.45) is -6.39. The van der Waals surface area contributed by atoms with Gasteiger partial charge in [-0.05, 0) is 0 Å². The molecule has 150 valence electrons. The van der Waals surface area contributed by atoms with Crippen LogP contribution in [0.5, 0.6) is 0 Å². The van der Waals surface area contributed by atoms with Gasteiger partial charge in [-0.25, -0.2) is 4.57 Å². The molecule has 1 rings (SSSR count). The van der Waals surface area contributed by atoms with Gasteiger partial charge in [-0.15, -0.1) is 0 Å². The first kappa shape index (κ1) is 22.1. The molecule has 15 heteroatoms. The highest BCUT2D eigenvalue weighted by atomic mass is 19.4. The predicted molar refractivity (Wildman–Crippen MR) is 57.0 cm³/mol. The van der Waals surface area contributed by atoms with Crippen molar-refractivity contribution in [2.24, 2.45) is 0 Å². The fraction of sp³-hybridized carbons (Fsp3) is 0.545. The fourth-order valence-electron chi connectivity index (χ4n) is 1.57. The number of hydrogen-bond donors (Lipinski definition) is 0. The topological polar surface area (TPSA) is 8.81 Å². The highest BCUT2D eigenvalue weighted by Gasteiger charge is 2.92. The van der Waals surface area contributed by atoms with E-state index in [0.717, 1.165) is 0 Å². The second-order valence-electron chi connectivity index (χ2n) is 4.79. The quantitative estimate of drug-likeness (QED) is 0.479. The lowest BCUT2D eigenvalue weighted by molar-refractivity contribution is -0.849. The summed E-state index contributed by atoms with van der Waals surface area (Å²) in [6, 6.07) is -6.32. The number of hydrogen-bond acceptors (Lipinski definition) is 0. The Labute approximate surface area is 135 Å². The van der Waals surface area contributed by atoms with E-state index in [2.05, 4.69) is 6.58 Å². The van der Waals surface area contributed by atoms with Gasteiger partial charge < -0.3 is 0 Å². The number of aromatic nitrogens is 2. The van der Waals surface area contributed by atoms with Crippen LogP contribution in [0.25, 0.3) is 6.20 Å². The van der Waals surface area contributed by atoms with E-state index in [4.69, 9.17) is 0 Å². The Hall–Kier alpha value is -1.96. The molecule has 0 N–H and O–H groups in total. The first-order valence-corrected chi connectivity index (χ1v) is 5.96. The molecule has 0 aliphatic carbocycles. The SMILES string of the molecule is C=Cn1cc[n+](C(F)(F)C(F)(F)C(F)(F)C(F)(F)C(F)(F)C(F)(F)F)c1. The second kappa shape index (κ2) is 5.77. The van der Waals surface area contributed by atoms with Crippen LogP contribution in [0.15, 0.2) is 25.3 Å². The van der Waals surface area contributed by atoms with E-state index in [1.165, 1.54) is 0 Å². The van der Waals surface area contributed by atoms with E-state index >= 15 is 0 Å². The summed E-state index contributed by atoms with van der Waals surface area (Å²) >= 11 is 0. The van der Waals surface area contributed by atoms with Crippen molar-refractivity contribution in [2.45, 2.75) is 35.9 Å². The van der Waals surface area contributed by atoms with Crippen LogP contribution in [0.2, 0.25) is 0 Å². The van der Waals surface area contributed by atoms with Crippen molar-refractivity contribution < 1.29 is 61.6 Å². The Bertz CT molecular complexity index is 670. The van der Waals surface area contributed by atoms with E-state index in [1.807, 2.05) is 0 Å². The molecule has 1 heterocycles. The molecule has 1 aromatic rings. The van der Waals surface area contributed by atoms with Crippen molar-refractivity contribution >= 4 is 6.20 Å². The molecule has 0 bridgehead atoms. The highest BCUT2D eigenvalue weighted by Crippen LogP contribution is 2.60. The van der Waals surface area contributed by atoms with Gasteiger partial charge in [-0.3, -0.25) is 0 Å². The van der Waals surface area contributed by atoms with Gasteiger partial charge in [0.25, 0.3) is 6.33 Å². The van der Waals surface area contributed by atoms with E-state index in [0.29, 0.717) is 17.0 Å². The molecule has 0 aliphatic heterocycles. The molecule has 0 amide bonds. The zero-order chi connectivity index (χ0) is 21.0. The summed E-state index contributed by atoms with van der Waals surface area (Å²) in [4.78, 5) is 0. The molecule has 0 unspecified atom stereocenters. The Kier molecular flexibility index (Phi) is 4.90. The zero-order valence-electron chi connectivity index (χ0n) is 11.8. The van der Waals surface area contributed by atoms with Crippen LogP contribution in [-0.4, -0.2) is 34.4 Å². The third kappa shape index (κ3) is 2.71. The minimum atomic E-state index is -7.91. The second-order valence-corrected chi connectivity index (χ2v) is 4.79. The van der Waals surface area contributed by atoms with Crippen molar-refractivity contribution in [3.8, 4) is 0 Å². The zero-order valence-corrected chi connectivity index (χ0v) is 11.8. The predicted octanol–water partition coefficient (Wildman–Crippen LogP) is 4.53. The van der Waals surface area contributed by atoms with Crippen LogP contribution < -0.4 is 4.57 Å². The summed E-state index contributed by atoms with van der Waals surface area (Å²) < 4.78 is 167. The Morgan fingerprint density at radius 1 is 0.692 bits per heavy atom. The minimum Gasteiger partial charge on any atom is -0.210 e. The molecule has 2 nitrogen and oxygen atoms in total. The molecule has 0 radical (unpaired) electrons. The maximum Gasteiger partial charge on any atom is 0.469 e. The van der Waals surface area contributed by atoms with Crippen LogP contribution in [-0.2, 0) is 6.05 Å². The number of nitrogens with zero attached hydrogens (tertiary/aromatic N) is 2. The van der Waals surface area contributed by atoms with E-state index in [1.54, 1.807) is 0 Å². The highest BCUT2D eigenvalue weighted by molar-refractivity contribution is 5.13. The van der Waals surface area contributed by atoms with Crippen molar-refractivity contribution in [1.29, 1.82) is 0 Å². The Balaban J connectivity index is 3.54. The Morgan fingerprint density at radius 3 is 1.46 bits per heavy atom. The fourth-order valence-corrected chi connectivity index (χ4v) is 1.57. The maximum atomic E-state index is 13.6. The summed E-state index contributed by atoms with van der Waals surface area (Å²) in [6.45, 7) is 2.96. The van der Waals surface area contributed by atoms with Gasteiger partial charge in [0.15, 0.2) is 0 Å².